The van der Waals surface area contributed by atoms with Gasteiger partial charge in [-0.25, -0.2) is 0 Å². The highest BCUT2D eigenvalue weighted by molar-refractivity contribution is 8.00. The van der Waals surface area contributed by atoms with E-state index < -0.39 is 5.97 Å². The molecule has 2 aliphatic rings. The Morgan fingerprint density at radius 2 is 1.87 bits per heavy atom. The number of carboxylic acid groups (broad SMARTS) is 1. The molecule has 1 N–H and O–H groups in total. The van der Waals surface area contributed by atoms with E-state index in [9.17, 15) is 14.4 Å². The van der Waals surface area contributed by atoms with Gasteiger partial charge in [0, 0.05) is 42.9 Å². The van der Waals surface area contributed by atoms with Crippen LogP contribution in [0.25, 0.3) is 11.1 Å². The van der Waals surface area contributed by atoms with Gasteiger partial charge in [-0.2, -0.15) is 0 Å². The lowest BCUT2D eigenvalue weighted by molar-refractivity contribution is -0.133. The number of carbonyl (C=O) groups excluding carboxylic acids is 1. The molecule has 3 heterocycles. The van der Waals surface area contributed by atoms with Gasteiger partial charge in [0.25, 0.3) is 5.56 Å². The first kappa shape index (κ1) is 20.5. The van der Waals surface area contributed by atoms with Crippen LogP contribution in [0.4, 0.5) is 0 Å². The summed E-state index contributed by atoms with van der Waals surface area (Å²) in [7, 11) is 1.63. The first-order valence-corrected chi connectivity index (χ1v) is 11.1. The van der Waals surface area contributed by atoms with Crippen LogP contribution in [-0.4, -0.2) is 58.2 Å². The Morgan fingerprint density at radius 3 is 2.57 bits per heavy atom. The summed E-state index contributed by atoms with van der Waals surface area (Å²) in [5, 5.41) is 8.79. The average molecular weight is 429 g/mol. The Balaban J connectivity index is 1.62. The van der Waals surface area contributed by atoms with Crippen LogP contribution in [-0.2, 0) is 16.1 Å². The molecule has 2 atom stereocenters. The smallest absolute Gasteiger partial charge is 0.313 e. The average Bonchev–Trinajstić information content (AvgIpc) is 2.74. The van der Waals surface area contributed by atoms with E-state index in [1.54, 1.807) is 13.2 Å². The number of aromatic nitrogens is 1. The maximum atomic E-state index is 12.6. The number of likely N-dealkylation sites (tertiary alicyclic amines) is 1. The van der Waals surface area contributed by atoms with Crippen LogP contribution >= 0.6 is 11.8 Å². The summed E-state index contributed by atoms with van der Waals surface area (Å²) in [6, 6.07) is 11.3. The molecular formula is C22H24N2O5S. The number of hydrogen-bond acceptors (Lipinski definition) is 5. The standard InChI is InChI=1S/C22H24N2O5S/c1-29-17-4-2-15(3-5-17)18-6-7-19(25)24-10-14-8-16(22(18)24)11-23(9-14)20(26)12-30-13-21(27)28/h2-7,14,16H,8-13H2,1H3,(H,27,28). The van der Waals surface area contributed by atoms with Crippen LogP contribution in [0, 0.1) is 5.92 Å². The lowest BCUT2D eigenvalue weighted by atomic mass is 9.80. The number of fused-ring (bicyclic) bond motifs is 4. The first-order chi connectivity index (χ1) is 14.5. The van der Waals surface area contributed by atoms with E-state index in [-0.39, 0.29) is 34.8 Å². The number of pyridine rings is 1. The van der Waals surface area contributed by atoms with Crippen molar-refractivity contribution in [1.29, 1.82) is 0 Å². The van der Waals surface area contributed by atoms with E-state index in [0.717, 1.165) is 40.8 Å². The third kappa shape index (κ3) is 4.09. The third-order valence-electron chi connectivity index (χ3n) is 5.79. The monoisotopic (exact) mass is 428 g/mol. The molecule has 0 radical (unpaired) electrons. The molecule has 0 aliphatic carbocycles. The number of benzene rings is 1. The third-order valence-corrected chi connectivity index (χ3v) is 6.70. The van der Waals surface area contributed by atoms with Crippen LogP contribution in [0.5, 0.6) is 5.75 Å². The summed E-state index contributed by atoms with van der Waals surface area (Å²) in [6.45, 7) is 1.76. The summed E-state index contributed by atoms with van der Waals surface area (Å²) in [5.41, 5.74) is 3.00. The van der Waals surface area contributed by atoms with Gasteiger partial charge in [-0.3, -0.25) is 14.4 Å². The Morgan fingerprint density at radius 1 is 1.10 bits per heavy atom. The van der Waals surface area contributed by atoms with Gasteiger partial charge in [0.2, 0.25) is 5.91 Å². The maximum Gasteiger partial charge on any atom is 0.313 e. The SMILES string of the molecule is COc1ccc(-c2ccc(=O)n3c2C2CC(CN(C(=O)CSCC(=O)O)C2)C3)cc1. The van der Waals surface area contributed by atoms with Crippen molar-refractivity contribution in [3.63, 3.8) is 0 Å². The molecule has 1 aromatic carbocycles. The number of nitrogens with zero attached hydrogens (tertiary/aromatic N) is 2. The normalized spacial score (nSPS) is 19.8. The minimum Gasteiger partial charge on any atom is -0.497 e. The summed E-state index contributed by atoms with van der Waals surface area (Å²) >= 11 is 1.12. The van der Waals surface area contributed by atoms with E-state index >= 15 is 0 Å². The van der Waals surface area contributed by atoms with Crippen molar-refractivity contribution in [2.45, 2.75) is 18.9 Å². The number of carboxylic acids is 1. The molecule has 1 aromatic heterocycles. The second-order valence-electron chi connectivity index (χ2n) is 7.79. The van der Waals surface area contributed by atoms with Crippen molar-refractivity contribution in [3.05, 3.63) is 52.4 Å². The van der Waals surface area contributed by atoms with Crippen molar-refractivity contribution < 1.29 is 19.4 Å². The number of aliphatic carboxylic acids is 1. The predicted octanol–water partition coefficient (Wildman–Crippen LogP) is 2.29. The van der Waals surface area contributed by atoms with Gasteiger partial charge in [-0.15, -0.1) is 11.8 Å². The maximum absolute atomic E-state index is 12.6. The van der Waals surface area contributed by atoms with Crippen LogP contribution < -0.4 is 10.3 Å². The molecule has 1 amide bonds. The zero-order valence-electron chi connectivity index (χ0n) is 16.7. The molecule has 1 fully saturated rings. The quantitative estimate of drug-likeness (QED) is 0.760. The van der Waals surface area contributed by atoms with Crippen molar-refractivity contribution in [3.8, 4) is 16.9 Å². The highest BCUT2D eigenvalue weighted by Gasteiger charge is 2.37. The highest BCUT2D eigenvalue weighted by Crippen LogP contribution is 2.40. The van der Waals surface area contributed by atoms with Crippen molar-refractivity contribution in [1.82, 2.24) is 9.47 Å². The van der Waals surface area contributed by atoms with Crippen LogP contribution in [0.15, 0.2) is 41.2 Å². The molecule has 8 heteroatoms. The van der Waals surface area contributed by atoms with Gasteiger partial charge in [0.15, 0.2) is 0 Å². The molecule has 0 spiro atoms. The minimum absolute atomic E-state index is 0.00579. The zero-order valence-corrected chi connectivity index (χ0v) is 17.6. The summed E-state index contributed by atoms with van der Waals surface area (Å²) in [4.78, 5) is 37.8. The fraction of sp³-hybridized carbons (Fsp3) is 0.409. The van der Waals surface area contributed by atoms with Crippen LogP contribution in [0.1, 0.15) is 18.0 Å². The molecule has 158 valence electrons. The van der Waals surface area contributed by atoms with Gasteiger partial charge in [0.05, 0.1) is 18.6 Å². The lowest BCUT2D eigenvalue weighted by Gasteiger charge is -2.43. The van der Waals surface area contributed by atoms with Crippen molar-refractivity contribution in [2.75, 3.05) is 31.7 Å². The van der Waals surface area contributed by atoms with E-state index in [1.165, 1.54) is 0 Å². The molecule has 2 unspecified atom stereocenters. The first-order valence-electron chi connectivity index (χ1n) is 9.91. The number of amides is 1. The Kier molecular flexibility index (Phi) is 5.85. The topological polar surface area (TPSA) is 88.8 Å². The van der Waals surface area contributed by atoms with Crippen LogP contribution in [0.3, 0.4) is 0 Å². The summed E-state index contributed by atoms with van der Waals surface area (Å²) in [5.74, 6) is 0.222. The largest absolute Gasteiger partial charge is 0.497 e. The van der Waals surface area contributed by atoms with Gasteiger partial charge in [0.1, 0.15) is 5.75 Å². The second-order valence-corrected chi connectivity index (χ2v) is 8.78. The van der Waals surface area contributed by atoms with E-state index in [2.05, 4.69) is 0 Å². The molecule has 2 aromatic rings. The number of ether oxygens (including phenoxy) is 1. The highest BCUT2D eigenvalue weighted by atomic mass is 32.2. The fourth-order valence-electron chi connectivity index (χ4n) is 4.55. The van der Waals surface area contributed by atoms with Crippen LogP contribution in [0.2, 0.25) is 0 Å². The molecule has 0 saturated carbocycles. The Bertz CT molecular complexity index is 1020. The van der Waals surface area contributed by atoms with Gasteiger partial charge < -0.3 is 19.3 Å². The summed E-state index contributed by atoms with van der Waals surface area (Å²) in [6.07, 6.45) is 0.943. The molecule has 1 saturated heterocycles. The van der Waals surface area contributed by atoms with E-state index in [0.29, 0.717) is 19.6 Å². The predicted molar refractivity (Wildman–Crippen MR) is 115 cm³/mol. The number of rotatable bonds is 6. The second kappa shape index (κ2) is 8.55. The minimum atomic E-state index is -0.916. The van der Waals surface area contributed by atoms with Crippen molar-refractivity contribution >= 4 is 23.6 Å². The fourth-order valence-corrected chi connectivity index (χ4v) is 5.18. The molecule has 30 heavy (non-hydrogen) atoms. The number of hydrogen-bond donors (Lipinski definition) is 1. The molecule has 4 rings (SSSR count). The Labute approximate surface area is 178 Å². The number of methoxy groups -OCH3 is 1. The molecular weight excluding hydrogens is 404 g/mol. The molecule has 2 aliphatic heterocycles. The van der Waals surface area contributed by atoms with Gasteiger partial charge in [-0.1, -0.05) is 12.1 Å². The van der Waals surface area contributed by atoms with E-state index in [4.69, 9.17) is 9.84 Å². The number of carbonyl (C=O) groups is 2. The number of thioether (sulfide) groups is 1. The van der Waals surface area contributed by atoms with Gasteiger partial charge >= 0.3 is 5.97 Å². The molecule has 7 nitrogen and oxygen atoms in total. The van der Waals surface area contributed by atoms with Crippen molar-refractivity contribution in [2.24, 2.45) is 5.92 Å². The number of piperidine rings is 1. The lowest BCUT2D eigenvalue weighted by Crippen LogP contribution is -2.49. The van der Waals surface area contributed by atoms with E-state index in [1.807, 2.05) is 39.8 Å². The Hall–Kier alpha value is -2.74. The molecule has 2 bridgehead atoms. The van der Waals surface area contributed by atoms with Gasteiger partial charge in [-0.05, 0) is 36.1 Å². The summed E-state index contributed by atoms with van der Waals surface area (Å²) < 4.78 is 7.13. The zero-order chi connectivity index (χ0) is 21.3.